The van der Waals surface area contributed by atoms with E-state index in [9.17, 15) is 5.21 Å². The topological polar surface area (TPSA) is 51.2 Å². The maximum absolute atomic E-state index is 10.9. The average Bonchev–Trinajstić information content (AvgIpc) is 3.16. The van der Waals surface area contributed by atoms with Crippen molar-refractivity contribution in [3.63, 3.8) is 0 Å². The van der Waals surface area contributed by atoms with Crippen molar-refractivity contribution in [2.24, 2.45) is 0 Å². The standard InChI is InChI=1S/C24H31NO4/c26-25(16-20-10-4-1-5-11-20)22(18-27-17-21-12-6-2-7-13-21)23-19-28-24(29-23)14-8-3-9-15-24/h1-2,4-7,10-13,22-23,26H,3,8-9,14-19H2/t22-,23-/m1/s1. The third kappa shape index (κ3) is 5.44. The Kier molecular flexibility index (Phi) is 6.95. The van der Waals surface area contributed by atoms with Crippen molar-refractivity contribution in [2.75, 3.05) is 13.2 Å². The highest BCUT2D eigenvalue weighted by atomic mass is 16.7. The second-order valence-corrected chi connectivity index (χ2v) is 8.09. The van der Waals surface area contributed by atoms with Crippen LogP contribution in [0, 0.1) is 0 Å². The molecule has 156 valence electrons. The minimum atomic E-state index is -0.464. The molecule has 0 unspecified atom stereocenters. The van der Waals surface area contributed by atoms with Crippen molar-refractivity contribution < 1.29 is 19.4 Å². The molecule has 1 saturated carbocycles. The first-order chi connectivity index (χ1) is 14.2. The predicted octanol–water partition coefficient (Wildman–Crippen LogP) is 4.54. The van der Waals surface area contributed by atoms with Crippen LogP contribution in [0.15, 0.2) is 60.7 Å². The molecule has 0 aromatic heterocycles. The zero-order chi connectivity index (χ0) is 19.9. The lowest BCUT2D eigenvalue weighted by Gasteiger charge is -2.34. The Morgan fingerprint density at radius 3 is 2.31 bits per heavy atom. The van der Waals surface area contributed by atoms with Gasteiger partial charge in [-0.15, -0.1) is 0 Å². The summed E-state index contributed by atoms with van der Waals surface area (Å²) in [6.45, 7) is 1.80. The molecule has 2 fully saturated rings. The van der Waals surface area contributed by atoms with Crippen LogP contribution in [-0.4, -0.2) is 41.4 Å². The fourth-order valence-electron chi connectivity index (χ4n) is 4.26. The molecule has 1 N–H and O–H groups in total. The molecular formula is C24H31NO4. The van der Waals surface area contributed by atoms with Gasteiger partial charge in [-0.05, 0) is 24.0 Å². The molecule has 5 nitrogen and oxygen atoms in total. The van der Waals surface area contributed by atoms with Gasteiger partial charge in [-0.1, -0.05) is 67.1 Å². The van der Waals surface area contributed by atoms with Crippen LogP contribution >= 0.6 is 0 Å². The Bertz CT molecular complexity index is 733. The second-order valence-electron chi connectivity index (χ2n) is 8.09. The molecule has 1 saturated heterocycles. The summed E-state index contributed by atoms with van der Waals surface area (Å²) in [6, 6.07) is 19.8. The summed E-state index contributed by atoms with van der Waals surface area (Å²) in [4.78, 5) is 0. The highest BCUT2D eigenvalue weighted by Gasteiger charge is 2.46. The third-order valence-corrected chi connectivity index (χ3v) is 5.89. The van der Waals surface area contributed by atoms with Gasteiger partial charge in [0.2, 0.25) is 0 Å². The van der Waals surface area contributed by atoms with Gasteiger partial charge in [-0.3, -0.25) is 0 Å². The van der Waals surface area contributed by atoms with E-state index in [0.717, 1.165) is 36.8 Å². The van der Waals surface area contributed by atoms with E-state index in [0.29, 0.717) is 26.4 Å². The van der Waals surface area contributed by atoms with Crippen LogP contribution in [0.3, 0.4) is 0 Å². The lowest BCUT2D eigenvalue weighted by atomic mass is 9.94. The quantitative estimate of drug-likeness (QED) is 0.663. The van der Waals surface area contributed by atoms with Gasteiger partial charge in [0.25, 0.3) is 0 Å². The van der Waals surface area contributed by atoms with Gasteiger partial charge in [-0.25, -0.2) is 0 Å². The lowest BCUT2D eigenvalue weighted by molar-refractivity contribution is -0.219. The summed E-state index contributed by atoms with van der Waals surface area (Å²) >= 11 is 0. The minimum absolute atomic E-state index is 0.211. The SMILES string of the molecule is ON(Cc1ccccc1)[C@H](COCc1ccccc1)[C@H]1COC2(CCCCC2)O1. The van der Waals surface area contributed by atoms with Crippen molar-refractivity contribution in [3.05, 3.63) is 71.8 Å². The number of hydrogen-bond donors (Lipinski definition) is 1. The van der Waals surface area contributed by atoms with E-state index in [1.807, 2.05) is 60.7 Å². The summed E-state index contributed by atoms with van der Waals surface area (Å²) in [5.74, 6) is -0.464. The lowest BCUT2D eigenvalue weighted by Crippen LogP contribution is -2.47. The number of benzene rings is 2. The molecule has 2 atom stereocenters. The molecule has 2 aromatic rings. The van der Waals surface area contributed by atoms with E-state index in [4.69, 9.17) is 14.2 Å². The highest BCUT2D eigenvalue weighted by Crippen LogP contribution is 2.39. The van der Waals surface area contributed by atoms with Crippen LogP contribution in [0.1, 0.15) is 43.2 Å². The molecule has 1 aliphatic carbocycles. The van der Waals surface area contributed by atoms with Crippen LogP contribution < -0.4 is 0 Å². The van der Waals surface area contributed by atoms with Crippen LogP contribution in [0.25, 0.3) is 0 Å². The first kappa shape index (κ1) is 20.5. The van der Waals surface area contributed by atoms with Crippen LogP contribution in [0.5, 0.6) is 0 Å². The first-order valence-corrected chi connectivity index (χ1v) is 10.7. The molecule has 0 bridgehead atoms. The summed E-state index contributed by atoms with van der Waals surface area (Å²) in [7, 11) is 0. The largest absolute Gasteiger partial charge is 0.375 e. The van der Waals surface area contributed by atoms with E-state index in [1.54, 1.807) is 0 Å². The molecule has 0 radical (unpaired) electrons. The van der Waals surface area contributed by atoms with Gasteiger partial charge < -0.3 is 19.4 Å². The molecule has 0 amide bonds. The van der Waals surface area contributed by atoms with E-state index in [1.165, 1.54) is 11.5 Å². The molecule has 1 spiro atoms. The Balaban J connectivity index is 1.41. The maximum Gasteiger partial charge on any atom is 0.168 e. The zero-order valence-corrected chi connectivity index (χ0v) is 16.9. The smallest absolute Gasteiger partial charge is 0.168 e. The molecule has 2 aromatic carbocycles. The van der Waals surface area contributed by atoms with Gasteiger partial charge >= 0.3 is 0 Å². The number of nitrogens with zero attached hydrogens (tertiary/aromatic N) is 1. The van der Waals surface area contributed by atoms with Gasteiger partial charge in [0.05, 0.1) is 25.9 Å². The Morgan fingerprint density at radius 2 is 1.62 bits per heavy atom. The summed E-state index contributed by atoms with van der Waals surface area (Å²) in [5, 5.41) is 12.3. The Morgan fingerprint density at radius 1 is 0.966 bits per heavy atom. The molecule has 4 rings (SSSR count). The molecule has 5 heteroatoms. The Hall–Kier alpha value is -1.76. The minimum Gasteiger partial charge on any atom is -0.375 e. The monoisotopic (exact) mass is 397 g/mol. The van der Waals surface area contributed by atoms with Crippen molar-refractivity contribution >= 4 is 0 Å². The van der Waals surface area contributed by atoms with Crippen molar-refractivity contribution in [1.82, 2.24) is 5.06 Å². The summed E-state index contributed by atoms with van der Waals surface area (Å²) in [6.07, 6.45) is 5.17. The third-order valence-electron chi connectivity index (χ3n) is 5.89. The van der Waals surface area contributed by atoms with Crippen LogP contribution in [0.4, 0.5) is 0 Å². The number of ether oxygens (including phenoxy) is 3. The highest BCUT2D eigenvalue weighted by molar-refractivity contribution is 5.15. The van der Waals surface area contributed by atoms with E-state index < -0.39 is 5.79 Å². The number of hydroxylamine groups is 2. The molecule has 1 aliphatic heterocycles. The average molecular weight is 398 g/mol. The van der Waals surface area contributed by atoms with Gasteiger partial charge in [0, 0.05) is 19.4 Å². The molecular weight excluding hydrogens is 366 g/mol. The van der Waals surface area contributed by atoms with E-state index >= 15 is 0 Å². The molecule has 2 aliphatic rings. The number of rotatable bonds is 8. The maximum atomic E-state index is 10.9. The van der Waals surface area contributed by atoms with E-state index in [2.05, 4.69) is 0 Å². The summed E-state index contributed by atoms with van der Waals surface area (Å²) in [5.41, 5.74) is 2.17. The normalized spacial score (nSPS) is 22.2. The number of hydrogen-bond acceptors (Lipinski definition) is 5. The van der Waals surface area contributed by atoms with Gasteiger partial charge in [-0.2, -0.15) is 5.06 Å². The van der Waals surface area contributed by atoms with Gasteiger partial charge in [0.1, 0.15) is 6.10 Å². The first-order valence-electron chi connectivity index (χ1n) is 10.7. The van der Waals surface area contributed by atoms with E-state index in [-0.39, 0.29) is 12.1 Å². The molecule has 1 heterocycles. The van der Waals surface area contributed by atoms with Crippen molar-refractivity contribution in [1.29, 1.82) is 0 Å². The van der Waals surface area contributed by atoms with Gasteiger partial charge in [0.15, 0.2) is 5.79 Å². The fraction of sp³-hybridized carbons (Fsp3) is 0.500. The molecule has 29 heavy (non-hydrogen) atoms. The Labute approximate surface area is 173 Å². The second kappa shape index (κ2) is 9.83. The van der Waals surface area contributed by atoms with Crippen molar-refractivity contribution in [3.8, 4) is 0 Å². The van der Waals surface area contributed by atoms with Crippen LogP contribution in [-0.2, 0) is 27.4 Å². The van der Waals surface area contributed by atoms with Crippen LogP contribution in [0.2, 0.25) is 0 Å². The summed E-state index contributed by atoms with van der Waals surface area (Å²) < 4.78 is 18.5. The fourth-order valence-corrected chi connectivity index (χ4v) is 4.26. The predicted molar refractivity (Wildman–Crippen MR) is 110 cm³/mol. The van der Waals surface area contributed by atoms with Crippen molar-refractivity contribution in [2.45, 2.75) is 63.2 Å². The zero-order valence-electron chi connectivity index (χ0n) is 16.9.